The molecule has 6 heteroatoms. The molecule has 1 aromatic rings. The molecule has 2 rings (SSSR count). The highest BCUT2D eigenvalue weighted by Crippen LogP contribution is 2.25. The minimum Gasteiger partial charge on any atom is -0.387 e. The molecule has 1 unspecified atom stereocenters. The summed E-state index contributed by atoms with van der Waals surface area (Å²) in [6.07, 6.45) is 3.09. The Morgan fingerprint density at radius 2 is 2.14 bits per heavy atom. The highest BCUT2D eigenvalue weighted by Gasteiger charge is 2.23. The zero-order valence-electron chi connectivity index (χ0n) is 12.5. The van der Waals surface area contributed by atoms with Gasteiger partial charge in [-0.1, -0.05) is 6.92 Å². The van der Waals surface area contributed by atoms with E-state index < -0.39 is 4.92 Å². The van der Waals surface area contributed by atoms with E-state index in [9.17, 15) is 14.9 Å². The van der Waals surface area contributed by atoms with Crippen molar-refractivity contribution in [3.8, 4) is 0 Å². The Morgan fingerprint density at radius 1 is 1.38 bits per heavy atom. The summed E-state index contributed by atoms with van der Waals surface area (Å²) < 4.78 is 0. The van der Waals surface area contributed by atoms with Gasteiger partial charge in [-0.3, -0.25) is 14.9 Å². The van der Waals surface area contributed by atoms with Crippen molar-refractivity contribution in [3.63, 3.8) is 0 Å². The van der Waals surface area contributed by atoms with Gasteiger partial charge < -0.3 is 10.2 Å². The van der Waals surface area contributed by atoms with Crippen LogP contribution in [0.4, 0.5) is 11.4 Å². The normalized spacial score (nSPS) is 19.0. The molecule has 1 fully saturated rings. The smallest absolute Gasteiger partial charge is 0.270 e. The summed E-state index contributed by atoms with van der Waals surface area (Å²) in [5.41, 5.74) is 0.949. The van der Waals surface area contributed by atoms with Crippen LogP contribution in [0.3, 0.4) is 0 Å². The van der Waals surface area contributed by atoms with E-state index in [1.54, 1.807) is 13.1 Å². The maximum Gasteiger partial charge on any atom is 0.270 e. The van der Waals surface area contributed by atoms with Crippen molar-refractivity contribution < 1.29 is 9.72 Å². The summed E-state index contributed by atoms with van der Waals surface area (Å²) in [5, 5.41) is 13.8. The molecule has 0 radical (unpaired) electrons. The van der Waals surface area contributed by atoms with Crippen LogP contribution in [0.2, 0.25) is 0 Å². The molecule has 1 aliphatic heterocycles. The zero-order chi connectivity index (χ0) is 15.4. The lowest BCUT2D eigenvalue weighted by atomic mass is 10.0. The number of non-ortho nitro benzene ring substituents is 1. The van der Waals surface area contributed by atoms with Crippen molar-refractivity contribution in [1.29, 1.82) is 0 Å². The first-order valence-electron chi connectivity index (χ1n) is 7.28. The standard InChI is InChI=1S/C15H21N3O3/c1-11-4-3-8-17(9-7-11)15(19)13-10-12(18(20)21)5-6-14(13)16-2/h5-6,10-11,16H,3-4,7-9H2,1-2H3. The number of carbonyl (C=O) groups is 1. The van der Waals surface area contributed by atoms with Gasteiger partial charge in [-0.05, 0) is 31.2 Å². The Kier molecular flexibility index (Phi) is 4.77. The third kappa shape index (κ3) is 3.51. The lowest BCUT2D eigenvalue weighted by Gasteiger charge is -2.21. The summed E-state index contributed by atoms with van der Waals surface area (Å²) in [6.45, 7) is 3.63. The summed E-state index contributed by atoms with van der Waals surface area (Å²) >= 11 is 0. The average molecular weight is 291 g/mol. The van der Waals surface area contributed by atoms with Gasteiger partial charge in [0.25, 0.3) is 11.6 Å². The number of nitro groups is 1. The topological polar surface area (TPSA) is 75.5 Å². The summed E-state index contributed by atoms with van der Waals surface area (Å²) in [7, 11) is 1.71. The second kappa shape index (κ2) is 6.56. The van der Waals surface area contributed by atoms with Crippen molar-refractivity contribution in [1.82, 2.24) is 4.90 Å². The van der Waals surface area contributed by atoms with E-state index in [0.29, 0.717) is 23.7 Å². The Balaban J connectivity index is 2.28. The van der Waals surface area contributed by atoms with E-state index in [4.69, 9.17) is 0 Å². The monoisotopic (exact) mass is 291 g/mol. The molecule has 6 nitrogen and oxygen atoms in total. The van der Waals surface area contributed by atoms with E-state index in [-0.39, 0.29) is 11.6 Å². The maximum atomic E-state index is 12.7. The Morgan fingerprint density at radius 3 is 2.81 bits per heavy atom. The van der Waals surface area contributed by atoms with Gasteiger partial charge in [0, 0.05) is 38.0 Å². The number of amides is 1. The van der Waals surface area contributed by atoms with E-state index in [1.807, 2.05) is 4.90 Å². The van der Waals surface area contributed by atoms with Crippen LogP contribution in [0.25, 0.3) is 0 Å². The Bertz CT molecular complexity index is 545. The van der Waals surface area contributed by atoms with Crippen molar-refractivity contribution >= 4 is 17.3 Å². The fourth-order valence-electron chi connectivity index (χ4n) is 2.68. The van der Waals surface area contributed by atoms with Crippen LogP contribution >= 0.6 is 0 Å². The van der Waals surface area contributed by atoms with E-state index in [0.717, 1.165) is 25.8 Å². The molecule has 0 bridgehead atoms. The third-order valence-electron chi connectivity index (χ3n) is 4.02. The van der Waals surface area contributed by atoms with Gasteiger partial charge in [-0.25, -0.2) is 0 Å². The molecule has 1 aliphatic rings. The van der Waals surface area contributed by atoms with Gasteiger partial charge in [0.1, 0.15) is 0 Å². The Hall–Kier alpha value is -2.11. The number of carbonyl (C=O) groups excluding carboxylic acids is 1. The van der Waals surface area contributed by atoms with E-state index in [1.165, 1.54) is 12.1 Å². The quantitative estimate of drug-likeness (QED) is 0.686. The summed E-state index contributed by atoms with van der Waals surface area (Å²) in [5.74, 6) is 0.494. The number of nitrogens with one attached hydrogen (secondary N) is 1. The maximum absolute atomic E-state index is 12.7. The van der Waals surface area contributed by atoms with E-state index >= 15 is 0 Å². The van der Waals surface area contributed by atoms with Gasteiger partial charge in [-0.2, -0.15) is 0 Å². The number of hydrogen-bond acceptors (Lipinski definition) is 4. The minimum absolute atomic E-state index is 0.0551. The first kappa shape index (κ1) is 15.3. The number of rotatable bonds is 3. The highest BCUT2D eigenvalue weighted by molar-refractivity contribution is 6.00. The van der Waals surface area contributed by atoms with Gasteiger partial charge in [-0.15, -0.1) is 0 Å². The molecule has 1 atom stereocenters. The SMILES string of the molecule is CNc1ccc([N+](=O)[O-])cc1C(=O)N1CCCC(C)CC1. The van der Waals surface area contributed by atoms with Gasteiger partial charge in [0.2, 0.25) is 0 Å². The summed E-state index contributed by atoms with van der Waals surface area (Å²) in [4.78, 5) is 24.9. The molecule has 1 saturated heterocycles. The number of hydrogen-bond donors (Lipinski definition) is 1. The first-order valence-corrected chi connectivity index (χ1v) is 7.28. The lowest BCUT2D eigenvalue weighted by Crippen LogP contribution is -2.32. The average Bonchev–Trinajstić information content (AvgIpc) is 2.70. The molecule has 1 amide bonds. The predicted octanol–water partition coefficient (Wildman–Crippen LogP) is 2.90. The molecule has 1 N–H and O–H groups in total. The van der Waals surface area contributed by atoms with Crippen LogP contribution in [0.15, 0.2) is 18.2 Å². The minimum atomic E-state index is -0.472. The van der Waals surface area contributed by atoms with Crippen LogP contribution < -0.4 is 5.32 Å². The fraction of sp³-hybridized carbons (Fsp3) is 0.533. The lowest BCUT2D eigenvalue weighted by molar-refractivity contribution is -0.384. The van der Waals surface area contributed by atoms with Gasteiger partial charge in [0.15, 0.2) is 0 Å². The van der Waals surface area contributed by atoms with Crippen molar-refractivity contribution in [2.45, 2.75) is 26.2 Å². The fourth-order valence-corrected chi connectivity index (χ4v) is 2.68. The number of nitro benzene ring substituents is 1. The highest BCUT2D eigenvalue weighted by atomic mass is 16.6. The molecule has 0 saturated carbocycles. The predicted molar refractivity (Wildman–Crippen MR) is 81.6 cm³/mol. The summed E-state index contributed by atoms with van der Waals surface area (Å²) in [6, 6.07) is 4.36. The molecule has 21 heavy (non-hydrogen) atoms. The van der Waals surface area contributed by atoms with Crippen LogP contribution in [-0.2, 0) is 0 Å². The van der Waals surface area contributed by atoms with Crippen molar-refractivity contribution in [2.75, 3.05) is 25.5 Å². The molecule has 0 aliphatic carbocycles. The Labute approximate surface area is 124 Å². The number of nitrogens with zero attached hydrogens (tertiary/aromatic N) is 2. The molecular formula is C15H21N3O3. The molecular weight excluding hydrogens is 270 g/mol. The van der Waals surface area contributed by atoms with Crippen LogP contribution in [0.5, 0.6) is 0 Å². The number of likely N-dealkylation sites (tertiary alicyclic amines) is 1. The first-order chi connectivity index (χ1) is 10.0. The zero-order valence-corrected chi connectivity index (χ0v) is 12.5. The van der Waals surface area contributed by atoms with Gasteiger partial charge >= 0.3 is 0 Å². The van der Waals surface area contributed by atoms with Crippen molar-refractivity contribution in [3.05, 3.63) is 33.9 Å². The largest absolute Gasteiger partial charge is 0.387 e. The second-order valence-corrected chi connectivity index (χ2v) is 5.57. The second-order valence-electron chi connectivity index (χ2n) is 5.57. The van der Waals surface area contributed by atoms with Crippen LogP contribution in [0.1, 0.15) is 36.5 Å². The van der Waals surface area contributed by atoms with Crippen molar-refractivity contribution in [2.24, 2.45) is 5.92 Å². The van der Waals surface area contributed by atoms with Gasteiger partial charge in [0.05, 0.1) is 10.5 Å². The molecule has 1 aromatic carbocycles. The van der Waals surface area contributed by atoms with Crippen LogP contribution in [0, 0.1) is 16.0 Å². The molecule has 114 valence electrons. The van der Waals surface area contributed by atoms with Crippen LogP contribution in [-0.4, -0.2) is 35.9 Å². The number of anilines is 1. The number of benzene rings is 1. The molecule has 0 aromatic heterocycles. The van der Waals surface area contributed by atoms with E-state index in [2.05, 4.69) is 12.2 Å². The molecule has 0 spiro atoms. The third-order valence-corrected chi connectivity index (χ3v) is 4.02. The molecule has 1 heterocycles.